The van der Waals surface area contributed by atoms with Gasteiger partial charge in [0.15, 0.2) is 0 Å². The largest absolute Gasteiger partial charge is 0.339 e. The number of nitrogens with zero attached hydrogens (tertiary/aromatic N) is 4. The highest BCUT2D eigenvalue weighted by Crippen LogP contribution is 2.22. The van der Waals surface area contributed by atoms with Gasteiger partial charge < -0.3 is 9.84 Å². The standard InChI is InChI=1S/C20H17F2N5O2S/c1-12-10-23-27(11-13-9-14(21)4-5-15(13)22)20(12)24-17(28)6-7-18-25-19(26-29-18)16-3-2-8-30-16/h2-5,8-10H,6-7,11H2,1H3,(H,24,28). The Hall–Kier alpha value is -3.40. The van der Waals surface area contributed by atoms with Crippen LogP contribution in [0.4, 0.5) is 14.6 Å². The van der Waals surface area contributed by atoms with Gasteiger partial charge in [-0.15, -0.1) is 11.3 Å². The van der Waals surface area contributed by atoms with E-state index in [4.69, 9.17) is 4.52 Å². The smallest absolute Gasteiger partial charge is 0.227 e. The predicted octanol–water partition coefficient (Wildman–Crippen LogP) is 4.20. The maximum Gasteiger partial charge on any atom is 0.227 e. The van der Waals surface area contributed by atoms with Crippen molar-refractivity contribution < 1.29 is 18.1 Å². The summed E-state index contributed by atoms with van der Waals surface area (Å²) in [5, 5.41) is 12.8. The zero-order valence-electron chi connectivity index (χ0n) is 15.9. The van der Waals surface area contributed by atoms with E-state index in [1.807, 2.05) is 17.5 Å². The average molecular weight is 429 g/mol. The Morgan fingerprint density at radius 2 is 2.17 bits per heavy atom. The maximum absolute atomic E-state index is 14.0. The summed E-state index contributed by atoms with van der Waals surface area (Å²) in [4.78, 5) is 17.6. The summed E-state index contributed by atoms with van der Waals surface area (Å²) in [6.07, 6.45) is 1.94. The fraction of sp³-hybridized carbons (Fsp3) is 0.200. The van der Waals surface area contributed by atoms with Gasteiger partial charge in [0.25, 0.3) is 0 Å². The molecule has 0 aliphatic rings. The molecule has 0 aliphatic heterocycles. The van der Waals surface area contributed by atoms with Crippen LogP contribution in [0.5, 0.6) is 0 Å². The van der Waals surface area contributed by atoms with Crippen LogP contribution in [0.2, 0.25) is 0 Å². The number of carbonyl (C=O) groups is 1. The molecule has 4 rings (SSSR count). The number of hydrogen-bond acceptors (Lipinski definition) is 6. The van der Waals surface area contributed by atoms with Crippen LogP contribution < -0.4 is 5.32 Å². The lowest BCUT2D eigenvalue weighted by molar-refractivity contribution is -0.116. The number of aryl methyl sites for hydroxylation is 2. The van der Waals surface area contributed by atoms with Crippen LogP contribution in [-0.4, -0.2) is 25.8 Å². The van der Waals surface area contributed by atoms with E-state index in [-0.39, 0.29) is 30.9 Å². The van der Waals surface area contributed by atoms with Crippen LogP contribution in [0.25, 0.3) is 10.7 Å². The first-order chi connectivity index (χ1) is 14.5. The van der Waals surface area contributed by atoms with E-state index in [2.05, 4.69) is 20.6 Å². The Morgan fingerprint density at radius 3 is 2.97 bits per heavy atom. The number of amides is 1. The Kier molecular flexibility index (Phi) is 5.66. The molecule has 0 saturated heterocycles. The van der Waals surface area contributed by atoms with Crippen molar-refractivity contribution >= 4 is 23.1 Å². The molecular weight excluding hydrogens is 412 g/mol. The van der Waals surface area contributed by atoms with Crippen molar-refractivity contribution in [1.82, 2.24) is 19.9 Å². The van der Waals surface area contributed by atoms with Gasteiger partial charge in [0.1, 0.15) is 17.5 Å². The molecule has 1 amide bonds. The average Bonchev–Trinajstić information content (AvgIpc) is 3.47. The molecule has 0 unspecified atom stereocenters. The highest BCUT2D eigenvalue weighted by atomic mass is 32.1. The summed E-state index contributed by atoms with van der Waals surface area (Å²) in [5.41, 5.74) is 0.846. The number of aromatic nitrogens is 4. The monoisotopic (exact) mass is 429 g/mol. The predicted molar refractivity (Wildman–Crippen MR) is 107 cm³/mol. The SMILES string of the molecule is Cc1cnn(Cc2cc(F)ccc2F)c1NC(=O)CCc1nc(-c2cccs2)no1. The van der Waals surface area contributed by atoms with Crippen molar-refractivity contribution in [3.63, 3.8) is 0 Å². The van der Waals surface area contributed by atoms with Gasteiger partial charge in [-0.1, -0.05) is 11.2 Å². The summed E-state index contributed by atoms with van der Waals surface area (Å²) in [5.74, 6) is -0.0851. The molecule has 0 spiro atoms. The number of nitrogens with one attached hydrogen (secondary N) is 1. The van der Waals surface area contributed by atoms with Crippen LogP contribution in [-0.2, 0) is 17.8 Å². The summed E-state index contributed by atoms with van der Waals surface area (Å²) in [6, 6.07) is 7.01. The summed E-state index contributed by atoms with van der Waals surface area (Å²) < 4.78 is 34.0. The van der Waals surface area contributed by atoms with Gasteiger partial charge in [0.05, 0.1) is 17.6 Å². The quantitative estimate of drug-likeness (QED) is 0.476. The van der Waals surface area contributed by atoms with Crippen molar-refractivity contribution in [3.05, 3.63) is 70.6 Å². The van der Waals surface area contributed by atoms with Crippen molar-refractivity contribution in [1.29, 1.82) is 0 Å². The lowest BCUT2D eigenvalue weighted by Crippen LogP contribution is -2.17. The highest BCUT2D eigenvalue weighted by Gasteiger charge is 2.15. The molecule has 10 heteroatoms. The van der Waals surface area contributed by atoms with E-state index in [1.165, 1.54) is 16.0 Å². The van der Waals surface area contributed by atoms with Gasteiger partial charge in [-0.25, -0.2) is 13.5 Å². The number of hydrogen-bond donors (Lipinski definition) is 1. The molecule has 3 aromatic heterocycles. The number of thiophene rings is 1. The van der Waals surface area contributed by atoms with E-state index in [0.29, 0.717) is 23.1 Å². The second-order valence-corrected chi connectivity index (χ2v) is 7.55. The van der Waals surface area contributed by atoms with Crippen LogP contribution in [0.15, 0.2) is 46.4 Å². The lowest BCUT2D eigenvalue weighted by atomic mass is 10.2. The third kappa shape index (κ3) is 4.43. The first-order valence-electron chi connectivity index (χ1n) is 9.12. The Bertz CT molecular complexity index is 1170. The summed E-state index contributed by atoms with van der Waals surface area (Å²) in [7, 11) is 0. The van der Waals surface area contributed by atoms with Gasteiger partial charge in [-0.2, -0.15) is 10.1 Å². The second kappa shape index (κ2) is 8.54. The molecule has 7 nitrogen and oxygen atoms in total. The van der Waals surface area contributed by atoms with Crippen LogP contribution >= 0.6 is 11.3 Å². The van der Waals surface area contributed by atoms with Crippen molar-refractivity contribution in [2.75, 3.05) is 5.32 Å². The van der Waals surface area contributed by atoms with Crippen molar-refractivity contribution in [3.8, 4) is 10.7 Å². The van der Waals surface area contributed by atoms with Crippen molar-refractivity contribution in [2.24, 2.45) is 0 Å². The number of rotatable bonds is 7. The van der Waals surface area contributed by atoms with E-state index < -0.39 is 11.6 Å². The number of halogens is 2. The van der Waals surface area contributed by atoms with E-state index in [0.717, 1.165) is 23.1 Å². The van der Waals surface area contributed by atoms with E-state index in [1.54, 1.807) is 13.1 Å². The van der Waals surface area contributed by atoms with Gasteiger partial charge in [-0.05, 0) is 36.6 Å². The zero-order chi connectivity index (χ0) is 21.1. The van der Waals surface area contributed by atoms with E-state index in [9.17, 15) is 13.6 Å². The molecule has 4 aromatic rings. The summed E-state index contributed by atoms with van der Waals surface area (Å²) in [6.45, 7) is 1.76. The van der Waals surface area contributed by atoms with Gasteiger partial charge >= 0.3 is 0 Å². The fourth-order valence-corrected chi connectivity index (χ4v) is 3.51. The minimum atomic E-state index is -0.542. The third-order valence-corrected chi connectivity index (χ3v) is 5.25. The second-order valence-electron chi connectivity index (χ2n) is 6.61. The Morgan fingerprint density at radius 1 is 1.30 bits per heavy atom. The molecule has 0 atom stereocenters. The molecule has 0 saturated carbocycles. The maximum atomic E-state index is 14.0. The molecule has 1 aromatic carbocycles. The Balaban J connectivity index is 1.40. The summed E-state index contributed by atoms with van der Waals surface area (Å²) >= 11 is 1.50. The van der Waals surface area contributed by atoms with Crippen LogP contribution in [0, 0.1) is 18.6 Å². The number of anilines is 1. The van der Waals surface area contributed by atoms with Gasteiger partial charge in [0.2, 0.25) is 17.6 Å². The molecule has 30 heavy (non-hydrogen) atoms. The zero-order valence-corrected chi connectivity index (χ0v) is 16.7. The van der Waals surface area contributed by atoms with Gasteiger partial charge in [-0.3, -0.25) is 4.79 Å². The molecule has 0 aliphatic carbocycles. The molecule has 154 valence electrons. The topological polar surface area (TPSA) is 85.8 Å². The minimum absolute atomic E-state index is 0.0130. The lowest BCUT2D eigenvalue weighted by Gasteiger charge is -2.11. The number of carbonyl (C=O) groups excluding carboxylic acids is 1. The minimum Gasteiger partial charge on any atom is -0.339 e. The van der Waals surface area contributed by atoms with E-state index >= 15 is 0 Å². The number of benzene rings is 1. The van der Waals surface area contributed by atoms with Crippen molar-refractivity contribution in [2.45, 2.75) is 26.3 Å². The van der Waals surface area contributed by atoms with Gasteiger partial charge in [0, 0.05) is 24.0 Å². The van der Waals surface area contributed by atoms with Crippen LogP contribution in [0.3, 0.4) is 0 Å². The first kappa shape index (κ1) is 19.9. The molecule has 0 fully saturated rings. The molecule has 1 N–H and O–H groups in total. The molecule has 0 bridgehead atoms. The highest BCUT2D eigenvalue weighted by molar-refractivity contribution is 7.13. The third-order valence-electron chi connectivity index (χ3n) is 4.38. The van der Waals surface area contributed by atoms with Crippen LogP contribution in [0.1, 0.15) is 23.4 Å². The Labute approximate surface area is 174 Å². The molecule has 3 heterocycles. The normalized spacial score (nSPS) is 11.0. The fourth-order valence-electron chi connectivity index (χ4n) is 2.86. The molecular formula is C20H17F2N5O2S. The first-order valence-corrected chi connectivity index (χ1v) is 10.00. The molecule has 0 radical (unpaired) electrons.